The molecule has 0 amide bonds. The summed E-state index contributed by atoms with van der Waals surface area (Å²) in [6.45, 7) is 13.8. The van der Waals surface area contributed by atoms with Crippen LogP contribution in [-0.2, 0) is 0 Å². The number of benzene rings is 1. The van der Waals surface area contributed by atoms with Crippen LogP contribution >= 0.6 is 33.2 Å². The second-order valence-electron chi connectivity index (χ2n) is 10.3. The number of para-hydroxylation sites is 1. The standard InChI is InChI=1S/C24H37Cl3NSi/c1-16(2)19-13-10-14-20(17(3)4)22(19)28-23(29(25,26)27)21(15-24(28,5)6)18-11-8-7-9-12-18/h10,13-14,16-18,21H,7-9,11-12,15H2,1-6H3. The fraction of sp³-hybridized carbons (Fsp3) is 0.708. The van der Waals surface area contributed by atoms with Gasteiger partial charge in [-0.2, -0.15) is 0 Å². The van der Waals surface area contributed by atoms with E-state index in [1.165, 1.54) is 48.9 Å². The Balaban J connectivity index is 2.18. The molecule has 163 valence electrons. The monoisotopic (exact) mass is 472 g/mol. The van der Waals surface area contributed by atoms with Crippen molar-refractivity contribution in [3.8, 4) is 0 Å². The maximum absolute atomic E-state index is 6.88. The van der Waals surface area contributed by atoms with E-state index in [-0.39, 0.29) is 5.54 Å². The highest BCUT2D eigenvalue weighted by molar-refractivity contribution is 7.66. The van der Waals surface area contributed by atoms with Crippen molar-refractivity contribution < 1.29 is 0 Å². The first-order valence-corrected chi connectivity index (χ1v) is 16.4. The van der Waals surface area contributed by atoms with Gasteiger partial charge in [0.1, 0.15) is 5.67 Å². The van der Waals surface area contributed by atoms with E-state index < -0.39 is 6.00 Å². The van der Waals surface area contributed by atoms with Crippen molar-refractivity contribution in [1.29, 1.82) is 0 Å². The Hall–Kier alpha value is 0.107. The van der Waals surface area contributed by atoms with Gasteiger partial charge in [-0.1, -0.05) is 78.0 Å². The summed E-state index contributed by atoms with van der Waals surface area (Å²) in [5, 5.41) is 0. The average molecular weight is 474 g/mol. The minimum absolute atomic E-state index is 0.0526. The summed E-state index contributed by atoms with van der Waals surface area (Å²) in [6.07, 6.45) is 7.61. The van der Waals surface area contributed by atoms with Crippen LogP contribution in [0.1, 0.15) is 103 Å². The highest BCUT2D eigenvalue weighted by atomic mass is 35.8. The van der Waals surface area contributed by atoms with E-state index in [2.05, 4.69) is 64.6 Å². The van der Waals surface area contributed by atoms with E-state index >= 15 is 0 Å². The second-order valence-corrected chi connectivity index (χ2v) is 18.7. The van der Waals surface area contributed by atoms with E-state index in [1.54, 1.807) is 0 Å². The van der Waals surface area contributed by atoms with Crippen LogP contribution in [0.2, 0.25) is 0 Å². The third-order valence-corrected chi connectivity index (χ3v) is 9.91. The Morgan fingerprint density at radius 2 is 1.45 bits per heavy atom. The number of anilines is 1. The zero-order valence-corrected chi connectivity index (χ0v) is 22.1. The van der Waals surface area contributed by atoms with E-state index in [4.69, 9.17) is 33.2 Å². The minimum atomic E-state index is -3.06. The Morgan fingerprint density at radius 3 is 1.90 bits per heavy atom. The van der Waals surface area contributed by atoms with Crippen molar-refractivity contribution in [3.05, 3.63) is 35.0 Å². The third kappa shape index (κ3) is 4.81. The van der Waals surface area contributed by atoms with Crippen LogP contribution in [0.5, 0.6) is 0 Å². The molecule has 1 aromatic carbocycles. The molecule has 1 heterocycles. The molecule has 1 aromatic rings. The first-order valence-electron chi connectivity index (χ1n) is 11.3. The molecule has 0 bridgehead atoms. The molecule has 1 nitrogen and oxygen atoms in total. The molecule has 5 heteroatoms. The molecular formula is C24H37Cl3NSi. The van der Waals surface area contributed by atoms with Crippen LogP contribution in [0.3, 0.4) is 0 Å². The minimum Gasteiger partial charge on any atom is -0.356 e. The van der Waals surface area contributed by atoms with Crippen molar-refractivity contribution in [2.45, 2.75) is 97.4 Å². The van der Waals surface area contributed by atoms with E-state index in [9.17, 15) is 0 Å². The van der Waals surface area contributed by atoms with Crippen LogP contribution in [0, 0.1) is 17.5 Å². The zero-order chi connectivity index (χ0) is 21.6. The molecule has 1 unspecified atom stereocenters. The predicted molar refractivity (Wildman–Crippen MR) is 132 cm³/mol. The normalized spacial score (nSPS) is 24.1. The number of hydrogen-bond donors (Lipinski definition) is 0. The summed E-state index contributed by atoms with van der Waals surface area (Å²) in [5.74, 6) is 1.89. The lowest BCUT2D eigenvalue weighted by Crippen LogP contribution is -2.47. The van der Waals surface area contributed by atoms with Crippen LogP contribution in [0.4, 0.5) is 5.69 Å². The molecule has 2 aliphatic rings. The van der Waals surface area contributed by atoms with Gasteiger partial charge in [-0.3, -0.25) is 0 Å². The van der Waals surface area contributed by atoms with Gasteiger partial charge < -0.3 is 4.90 Å². The summed E-state index contributed by atoms with van der Waals surface area (Å²) < 4.78 is 0. The Morgan fingerprint density at radius 1 is 0.931 bits per heavy atom. The summed E-state index contributed by atoms with van der Waals surface area (Å²) in [4.78, 5) is 2.51. The molecular weight excluding hydrogens is 437 g/mol. The first-order chi connectivity index (χ1) is 13.4. The van der Waals surface area contributed by atoms with E-state index in [0.29, 0.717) is 23.7 Å². The average Bonchev–Trinajstić information content (AvgIpc) is 2.92. The SMILES string of the molecule is CC(C)c1cccc(C(C)C)c1N1[C]([Si](Cl)(Cl)Cl)C(C2CCCCC2)CC1(C)C. The van der Waals surface area contributed by atoms with Gasteiger partial charge in [0, 0.05) is 11.2 Å². The molecule has 1 saturated heterocycles. The Kier molecular flexibility index (Phi) is 7.31. The molecule has 0 spiro atoms. The maximum Gasteiger partial charge on any atom is 0.368 e. The quantitative estimate of drug-likeness (QED) is 0.305. The number of halogens is 3. The topological polar surface area (TPSA) is 3.24 Å². The van der Waals surface area contributed by atoms with Crippen LogP contribution in [0.15, 0.2) is 18.2 Å². The van der Waals surface area contributed by atoms with E-state index in [1.807, 2.05) is 0 Å². The third-order valence-electron chi connectivity index (χ3n) is 6.99. The molecule has 1 radical (unpaired) electrons. The molecule has 29 heavy (non-hydrogen) atoms. The number of rotatable bonds is 5. The summed E-state index contributed by atoms with van der Waals surface area (Å²) >= 11 is 20.6. The lowest BCUT2D eigenvalue weighted by atomic mass is 9.77. The molecule has 0 N–H and O–H groups in total. The Bertz CT molecular complexity index is 678. The molecule has 0 aromatic heterocycles. The lowest BCUT2D eigenvalue weighted by molar-refractivity contribution is 0.262. The van der Waals surface area contributed by atoms with Gasteiger partial charge in [-0.25, -0.2) is 0 Å². The highest BCUT2D eigenvalue weighted by Gasteiger charge is 2.59. The smallest absolute Gasteiger partial charge is 0.356 e. The molecule has 2 fully saturated rings. The van der Waals surface area contributed by atoms with Gasteiger partial charge in [-0.05, 0) is 55.1 Å². The molecule has 1 atom stereocenters. The van der Waals surface area contributed by atoms with Crippen LogP contribution in [-0.4, -0.2) is 11.5 Å². The van der Waals surface area contributed by atoms with Crippen molar-refractivity contribution in [2.75, 3.05) is 4.90 Å². The van der Waals surface area contributed by atoms with Gasteiger partial charge in [0.25, 0.3) is 0 Å². The lowest BCUT2D eigenvalue weighted by Gasteiger charge is -2.43. The van der Waals surface area contributed by atoms with Gasteiger partial charge in [0.2, 0.25) is 0 Å². The van der Waals surface area contributed by atoms with Crippen LogP contribution in [0.25, 0.3) is 0 Å². The van der Waals surface area contributed by atoms with Crippen LogP contribution < -0.4 is 4.90 Å². The Labute approximate surface area is 193 Å². The summed E-state index contributed by atoms with van der Waals surface area (Å²) in [6, 6.07) is 3.68. The van der Waals surface area contributed by atoms with Gasteiger partial charge in [-0.15, -0.1) is 33.2 Å². The predicted octanol–water partition coefficient (Wildman–Crippen LogP) is 8.85. The molecule has 1 aliphatic heterocycles. The molecule has 3 rings (SSSR count). The summed E-state index contributed by atoms with van der Waals surface area (Å²) in [5.41, 5.74) is 5.15. The maximum atomic E-state index is 6.88. The fourth-order valence-corrected chi connectivity index (χ4v) is 9.12. The second kappa shape index (κ2) is 8.92. The first kappa shape index (κ1) is 23.8. The van der Waals surface area contributed by atoms with E-state index in [0.717, 1.165) is 12.1 Å². The van der Waals surface area contributed by atoms with Crippen molar-refractivity contribution in [3.63, 3.8) is 0 Å². The largest absolute Gasteiger partial charge is 0.368 e. The summed E-state index contributed by atoms with van der Waals surface area (Å²) in [7, 11) is 0. The van der Waals surface area contributed by atoms with Gasteiger partial charge in [0.05, 0.1) is 0 Å². The molecule has 1 saturated carbocycles. The number of nitrogens with zero attached hydrogens (tertiary/aromatic N) is 1. The van der Waals surface area contributed by atoms with Gasteiger partial charge >= 0.3 is 6.00 Å². The number of hydrogen-bond acceptors (Lipinski definition) is 1. The molecule has 1 aliphatic carbocycles. The van der Waals surface area contributed by atoms with Crippen molar-refractivity contribution >= 4 is 44.9 Å². The van der Waals surface area contributed by atoms with Gasteiger partial charge in [0.15, 0.2) is 0 Å². The zero-order valence-electron chi connectivity index (χ0n) is 18.9. The van der Waals surface area contributed by atoms with Crippen molar-refractivity contribution in [1.82, 2.24) is 0 Å². The van der Waals surface area contributed by atoms with Crippen molar-refractivity contribution in [2.24, 2.45) is 11.8 Å². The highest BCUT2D eigenvalue weighted by Crippen LogP contribution is 2.58. The fourth-order valence-electron chi connectivity index (χ4n) is 5.67.